The summed E-state index contributed by atoms with van der Waals surface area (Å²) in [5.41, 5.74) is 8.35. The monoisotopic (exact) mass is 304 g/mol. The van der Waals surface area contributed by atoms with Crippen molar-refractivity contribution in [3.63, 3.8) is 0 Å². The van der Waals surface area contributed by atoms with Crippen LogP contribution in [0.3, 0.4) is 0 Å². The fraction of sp³-hybridized carbons (Fsp3) is 0.214. The molecule has 92 valence electrons. The maximum atomic E-state index is 6.22. The van der Waals surface area contributed by atoms with Gasteiger partial charge in [0.15, 0.2) is 0 Å². The molecule has 3 nitrogen and oxygen atoms in total. The fourth-order valence-corrected chi connectivity index (χ4v) is 2.62. The summed E-state index contributed by atoms with van der Waals surface area (Å²) in [6.07, 6.45) is 4.36. The number of pyridine rings is 1. The maximum Gasteiger partial charge on any atom is 0.127 e. The molecule has 0 amide bonds. The molecule has 2 atom stereocenters. The van der Waals surface area contributed by atoms with Crippen molar-refractivity contribution in [2.24, 2.45) is 5.73 Å². The number of nitrogens with two attached hydrogens (primary N) is 1. The summed E-state index contributed by atoms with van der Waals surface area (Å²) in [6.45, 7) is 0. The van der Waals surface area contributed by atoms with E-state index < -0.39 is 0 Å². The van der Waals surface area contributed by atoms with Crippen LogP contribution < -0.4 is 10.5 Å². The first-order chi connectivity index (χ1) is 8.74. The highest BCUT2D eigenvalue weighted by molar-refractivity contribution is 9.10. The number of fused-ring (bicyclic) bond motifs is 1. The van der Waals surface area contributed by atoms with Crippen LogP contribution in [-0.2, 0) is 0 Å². The van der Waals surface area contributed by atoms with Gasteiger partial charge in [-0.1, -0.05) is 22.0 Å². The zero-order chi connectivity index (χ0) is 12.5. The van der Waals surface area contributed by atoms with Crippen LogP contribution in [0.4, 0.5) is 0 Å². The highest BCUT2D eigenvalue weighted by atomic mass is 79.9. The second-order valence-electron chi connectivity index (χ2n) is 4.42. The van der Waals surface area contributed by atoms with Gasteiger partial charge >= 0.3 is 0 Å². The van der Waals surface area contributed by atoms with Gasteiger partial charge in [-0.3, -0.25) is 4.98 Å². The van der Waals surface area contributed by atoms with Crippen molar-refractivity contribution in [1.29, 1.82) is 0 Å². The van der Waals surface area contributed by atoms with Gasteiger partial charge in [0.05, 0.1) is 0 Å². The first-order valence-corrected chi connectivity index (χ1v) is 6.65. The third-order valence-electron chi connectivity index (χ3n) is 3.16. The Balaban J connectivity index is 1.95. The van der Waals surface area contributed by atoms with E-state index in [4.69, 9.17) is 10.5 Å². The standard InChI is InChI=1S/C14H13BrN2O/c15-10-3-4-13-11(6-10)12(16)7-14(18-13)9-2-1-5-17-8-9/h1-6,8,12,14H,7,16H2. The number of benzene rings is 1. The van der Waals surface area contributed by atoms with Crippen LogP contribution in [0, 0.1) is 0 Å². The van der Waals surface area contributed by atoms with E-state index >= 15 is 0 Å². The van der Waals surface area contributed by atoms with Gasteiger partial charge in [0.25, 0.3) is 0 Å². The summed E-state index contributed by atoms with van der Waals surface area (Å²) in [5.74, 6) is 0.866. The van der Waals surface area contributed by atoms with E-state index in [1.807, 2.05) is 36.5 Å². The molecule has 4 heteroatoms. The number of hydrogen-bond acceptors (Lipinski definition) is 3. The van der Waals surface area contributed by atoms with Gasteiger partial charge in [-0.2, -0.15) is 0 Å². The van der Waals surface area contributed by atoms with Gasteiger partial charge in [-0.15, -0.1) is 0 Å². The van der Waals surface area contributed by atoms with Crippen molar-refractivity contribution >= 4 is 15.9 Å². The molecular weight excluding hydrogens is 292 g/mol. The zero-order valence-electron chi connectivity index (χ0n) is 9.71. The lowest BCUT2D eigenvalue weighted by Gasteiger charge is -2.30. The number of aromatic nitrogens is 1. The average Bonchev–Trinajstić information content (AvgIpc) is 2.40. The molecule has 0 fully saturated rings. The van der Waals surface area contributed by atoms with E-state index in [1.54, 1.807) is 6.20 Å². The van der Waals surface area contributed by atoms with Crippen LogP contribution in [0.5, 0.6) is 5.75 Å². The highest BCUT2D eigenvalue weighted by Crippen LogP contribution is 2.40. The van der Waals surface area contributed by atoms with Crippen LogP contribution in [-0.4, -0.2) is 4.98 Å². The molecule has 2 heterocycles. The molecule has 2 N–H and O–H groups in total. The molecule has 1 aliphatic rings. The largest absolute Gasteiger partial charge is 0.485 e. The molecule has 1 aromatic heterocycles. The van der Waals surface area contributed by atoms with Gasteiger partial charge in [0.1, 0.15) is 11.9 Å². The summed E-state index contributed by atoms with van der Waals surface area (Å²) in [4.78, 5) is 4.13. The van der Waals surface area contributed by atoms with Crippen LogP contribution in [0.15, 0.2) is 47.2 Å². The van der Waals surface area contributed by atoms with Crippen LogP contribution in [0.1, 0.15) is 29.7 Å². The molecule has 0 saturated heterocycles. The van der Waals surface area contributed by atoms with Crippen molar-refractivity contribution in [3.8, 4) is 5.75 Å². The number of rotatable bonds is 1. The Bertz CT molecular complexity index is 559. The van der Waals surface area contributed by atoms with Crippen LogP contribution >= 0.6 is 15.9 Å². The Morgan fingerprint density at radius 3 is 3.00 bits per heavy atom. The SMILES string of the molecule is NC1CC(c2cccnc2)Oc2ccc(Br)cc21. The number of nitrogens with zero attached hydrogens (tertiary/aromatic N) is 1. The normalized spacial score (nSPS) is 22.1. The Hall–Kier alpha value is -1.39. The smallest absolute Gasteiger partial charge is 0.127 e. The number of halogens is 1. The molecule has 3 rings (SSSR count). The Morgan fingerprint density at radius 1 is 1.33 bits per heavy atom. The lowest BCUT2D eigenvalue weighted by molar-refractivity contribution is 0.161. The van der Waals surface area contributed by atoms with Crippen molar-refractivity contribution in [3.05, 3.63) is 58.3 Å². The Morgan fingerprint density at radius 2 is 2.22 bits per heavy atom. The van der Waals surface area contributed by atoms with Gasteiger partial charge in [0.2, 0.25) is 0 Å². The van der Waals surface area contributed by atoms with Crippen LogP contribution in [0.2, 0.25) is 0 Å². The topological polar surface area (TPSA) is 48.1 Å². The third-order valence-corrected chi connectivity index (χ3v) is 3.66. The molecule has 0 aliphatic carbocycles. The fourth-order valence-electron chi connectivity index (χ4n) is 2.25. The third kappa shape index (κ3) is 2.13. The molecule has 1 aliphatic heterocycles. The Kier molecular flexibility index (Phi) is 3.06. The second-order valence-corrected chi connectivity index (χ2v) is 5.33. The van der Waals surface area contributed by atoms with E-state index in [1.165, 1.54) is 0 Å². The molecule has 18 heavy (non-hydrogen) atoms. The van der Waals surface area contributed by atoms with Gasteiger partial charge < -0.3 is 10.5 Å². The maximum absolute atomic E-state index is 6.22. The molecule has 1 aromatic carbocycles. The summed E-state index contributed by atoms with van der Waals surface area (Å²) in [5, 5.41) is 0. The van der Waals surface area contributed by atoms with E-state index in [0.29, 0.717) is 0 Å². The average molecular weight is 305 g/mol. The van der Waals surface area contributed by atoms with Gasteiger partial charge in [-0.05, 0) is 24.3 Å². The molecule has 0 bridgehead atoms. The van der Waals surface area contributed by atoms with Crippen molar-refractivity contribution in [1.82, 2.24) is 4.98 Å². The van der Waals surface area contributed by atoms with E-state index in [-0.39, 0.29) is 12.1 Å². The summed E-state index contributed by atoms with van der Waals surface area (Å²) in [6, 6.07) is 9.89. The molecular formula is C14H13BrN2O. The minimum atomic E-state index is -0.0117. The van der Waals surface area contributed by atoms with Crippen molar-refractivity contribution in [2.75, 3.05) is 0 Å². The Labute approximate surface area is 114 Å². The van der Waals surface area contributed by atoms with Crippen molar-refractivity contribution in [2.45, 2.75) is 18.6 Å². The van der Waals surface area contributed by atoms with E-state index in [9.17, 15) is 0 Å². The van der Waals surface area contributed by atoms with E-state index in [0.717, 1.165) is 27.8 Å². The molecule has 0 spiro atoms. The zero-order valence-corrected chi connectivity index (χ0v) is 11.3. The number of ether oxygens (including phenoxy) is 1. The number of hydrogen-bond donors (Lipinski definition) is 1. The quantitative estimate of drug-likeness (QED) is 0.879. The molecule has 2 unspecified atom stereocenters. The summed E-state index contributed by atoms with van der Waals surface area (Å²) < 4.78 is 7.03. The first-order valence-electron chi connectivity index (χ1n) is 5.85. The van der Waals surface area contributed by atoms with Gasteiger partial charge in [0, 0.05) is 40.5 Å². The summed E-state index contributed by atoms with van der Waals surface area (Å²) >= 11 is 3.46. The van der Waals surface area contributed by atoms with E-state index in [2.05, 4.69) is 20.9 Å². The highest BCUT2D eigenvalue weighted by Gasteiger charge is 2.27. The van der Waals surface area contributed by atoms with Crippen molar-refractivity contribution < 1.29 is 4.74 Å². The summed E-state index contributed by atoms with van der Waals surface area (Å²) in [7, 11) is 0. The first kappa shape index (κ1) is 11.7. The van der Waals surface area contributed by atoms with Gasteiger partial charge in [-0.25, -0.2) is 0 Å². The second kappa shape index (κ2) is 4.71. The predicted molar refractivity (Wildman–Crippen MR) is 73.3 cm³/mol. The minimum absolute atomic E-state index is 0.00328. The minimum Gasteiger partial charge on any atom is -0.485 e. The lowest BCUT2D eigenvalue weighted by atomic mass is 9.94. The van der Waals surface area contributed by atoms with Crippen LogP contribution in [0.25, 0.3) is 0 Å². The molecule has 0 radical (unpaired) electrons. The molecule has 0 saturated carbocycles. The molecule has 2 aromatic rings. The predicted octanol–water partition coefficient (Wildman–Crippen LogP) is 3.37. The lowest BCUT2D eigenvalue weighted by Crippen LogP contribution is -2.24.